The fourth-order valence-corrected chi connectivity index (χ4v) is 2.59. The van der Waals surface area contributed by atoms with Gasteiger partial charge < -0.3 is 10.1 Å². The molecule has 1 aliphatic carbocycles. The fourth-order valence-electron chi connectivity index (χ4n) is 2.23. The number of benzene rings is 1. The molecule has 0 aliphatic heterocycles. The number of hydrogen-bond acceptors (Lipinski definition) is 3. The zero-order valence-electron chi connectivity index (χ0n) is 10.3. The van der Waals surface area contributed by atoms with Gasteiger partial charge in [0, 0.05) is 11.0 Å². The smallest absolute Gasteiger partial charge is 0.101 e. The summed E-state index contributed by atoms with van der Waals surface area (Å²) in [6.45, 7) is 1.43. The molecule has 0 saturated heterocycles. The lowest BCUT2D eigenvalue weighted by molar-refractivity contribution is 0.0659. The van der Waals surface area contributed by atoms with E-state index in [0.717, 1.165) is 16.7 Å². The standard InChI is InChI=1S/C14H17BrN2O/c15-12-6-5-11(10-16)14(9-12)17-7-8-18-13-3-1-2-4-13/h5-6,9,13,17H,1-4,7-8H2. The van der Waals surface area contributed by atoms with Crippen LogP contribution in [0.5, 0.6) is 0 Å². The van der Waals surface area contributed by atoms with E-state index < -0.39 is 0 Å². The van der Waals surface area contributed by atoms with E-state index in [-0.39, 0.29) is 0 Å². The highest BCUT2D eigenvalue weighted by Gasteiger charge is 2.14. The van der Waals surface area contributed by atoms with Crippen molar-refractivity contribution in [1.29, 1.82) is 5.26 Å². The fraction of sp³-hybridized carbons (Fsp3) is 0.500. The normalized spacial score (nSPS) is 15.6. The maximum Gasteiger partial charge on any atom is 0.101 e. The second kappa shape index (κ2) is 6.77. The Labute approximate surface area is 116 Å². The van der Waals surface area contributed by atoms with Crippen LogP contribution in [-0.4, -0.2) is 19.3 Å². The highest BCUT2D eigenvalue weighted by atomic mass is 79.9. The molecule has 0 atom stereocenters. The molecule has 4 heteroatoms. The second-order valence-electron chi connectivity index (χ2n) is 4.51. The third-order valence-electron chi connectivity index (χ3n) is 3.18. The van der Waals surface area contributed by atoms with Gasteiger partial charge in [0.25, 0.3) is 0 Å². The number of nitrogens with zero attached hydrogens (tertiary/aromatic N) is 1. The van der Waals surface area contributed by atoms with Crippen LogP contribution >= 0.6 is 15.9 Å². The molecule has 0 bridgehead atoms. The summed E-state index contributed by atoms with van der Waals surface area (Å²) in [4.78, 5) is 0. The predicted octanol–water partition coefficient (Wildman–Crippen LogP) is 3.69. The van der Waals surface area contributed by atoms with Crippen molar-refractivity contribution in [3.63, 3.8) is 0 Å². The van der Waals surface area contributed by atoms with E-state index in [0.29, 0.717) is 18.3 Å². The Bertz CT molecular complexity index is 436. The molecule has 0 radical (unpaired) electrons. The minimum absolute atomic E-state index is 0.449. The maximum absolute atomic E-state index is 9.00. The van der Waals surface area contributed by atoms with E-state index in [1.54, 1.807) is 0 Å². The Morgan fingerprint density at radius 1 is 1.39 bits per heavy atom. The summed E-state index contributed by atoms with van der Waals surface area (Å²) in [5.41, 5.74) is 1.53. The third-order valence-corrected chi connectivity index (χ3v) is 3.67. The first kappa shape index (κ1) is 13.4. The van der Waals surface area contributed by atoms with Crippen molar-refractivity contribution in [2.45, 2.75) is 31.8 Å². The lowest BCUT2D eigenvalue weighted by Gasteiger charge is -2.13. The van der Waals surface area contributed by atoms with Gasteiger partial charge in [0.15, 0.2) is 0 Å². The topological polar surface area (TPSA) is 45.0 Å². The van der Waals surface area contributed by atoms with Gasteiger partial charge >= 0.3 is 0 Å². The Kier molecular flexibility index (Phi) is 5.03. The van der Waals surface area contributed by atoms with Crippen LogP contribution < -0.4 is 5.32 Å². The van der Waals surface area contributed by atoms with Crippen molar-refractivity contribution in [3.05, 3.63) is 28.2 Å². The molecule has 2 rings (SSSR count). The molecule has 1 N–H and O–H groups in total. The highest BCUT2D eigenvalue weighted by Crippen LogP contribution is 2.22. The average Bonchev–Trinajstić information content (AvgIpc) is 2.88. The van der Waals surface area contributed by atoms with Gasteiger partial charge in [-0.25, -0.2) is 0 Å². The molecule has 0 heterocycles. The van der Waals surface area contributed by atoms with Gasteiger partial charge in [0.2, 0.25) is 0 Å². The summed E-state index contributed by atoms with van der Waals surface area (Å²) >= 11 is 3.41. The Morgan fingerprint density at radius 3 is 2.89 bits per heavy atom. The van der Waals surface area contributed by atoms with Gasteiger partial charge in [0.05, 0.1) is 24.0 Å². The first-order valence-corrected chi connectivity index (χ1v) is 7.14. The molecule has 1 aromatic rings. The van der Waals surface area contributed by atoms with Crippen LogP contribution in [0.1, 0.15) is 31.2 Å². The second-order valence-corrected chi connectivity index (χ2v) is 5.42. The van der Waals surface area contributed by atoms with Gasteiger partial charge in [-0.15, -0.1) is 0 Å². The van der Waals surface area contributed by atoms with Crippen molar-refractivity contribution >= 4 is 21.6 Å². The van der Waals surface area contributed by atoms with Crippen molar-refractivity contribution in [2.24, 2.45) is 0 Å². The molecule has 3 nitrogen and oxygen atoms in total. The summed E-state index contributed by atoms with van der Waals surface area (Å²) < 4.78 is 6.74. The summed E-state index contributed by atoms with van der Waals surface area (Å²) in [6, 6.07) is 7.79. The lowest BCUT2D eigenvalue weighted by Crippen LogP contribution is -2.15. The largest absolute Gasteiger partial charge is 0.382 e. The number of ether oxygens (including phenoxy) is 1. The molecule has 0 amide bonds. The van der Waals surface area contributed by atoms with E-state index in [4.69, 9.17) is 10.00 Å². The minimum Gasteiger partial charge on any atom is -0.382 e. The number of rotatable bonds is 5. The van der Waals surface area contributed by atoms with Gasteiger partial charge in [-0.1, -0.05) is 28.8 Å². The molecular formula is C14H17BrN2O. The van der Waals surface area contributed by atoms with E-state index in [1.165, 1.54) is 25.7 Å². The summed E-state index contributed by atoms with van der Waals surface area (Å²) in [5.74, 6) is 0. The molecule has 0 spiro atoms. The van der Waals surface area contributed by atoms with Gasteiger partial charge in [-0.05, 0) is 31.0 Å². The van der Waals surface area contributed by atoms with Crippen LogP contribution in [0.3, 0.4) is 0 Å². The van der Waals surface area contributed by atoms with Crippen LogP contribution in [0, 0.1) is 11.3 Å². The zero-order valence-corrected chi connectivity index (χ0v) is 11.9. The molecule has 1 aliphatic rings. The predicted molar refractivity (Wildman–Crippen MR) is 75.6 cm³/mol. The van der Waals surface area contributed by atoms with Crippen LogP contribution in [-0.2, 0) is 4.74 Å². The molecular weight excluding hydrogens is 292 g/mol. The van der Waals surface area contributed by atoms with Gasteiger partial charge in [-0.2, -0.15) is 5.26 Å². The van der Waals surface area contributed by atoms with Crippen LogP contribution in [0.15, 0.2) is 22.7 Å². The van der Waals surface area contributed by atoms with Crippen molar-refractivity contribution in [1.82, 2.24) is 0 Å². The third kappa shape index (κ3) is 3.72. The Morgan fingerprint density at radius 2 is 2.17 bits per heavy atom. The number of nitrogens with one attached hydrogen (secondary N) is 1. The van der Waals surface area contributed by atoms with Gasteiger partial charge in [0.1, 0.15) is 6.07 Å². The van der Waals surface area contributed by atoms with Crippen molar-refractivity contribution in [2.75, 3.05) is 18.5 Å². The molecule has 0 aromatic heterocycles. The number of anilines is 1. The average molecular weight is 309 g/mol. The van der Waals surface area contributed by atoms with E-state index in [1.807, 2.05) is 18.2 Å². The maximum atomic E-state index is 9.00. The number of nitriles is 1. The number of halogens is 1. The van der Waals surface area contributed by atoms with Crippen molar-refractivity contribution < 1.29 is 4.74 Å². The number of hydrogen-bond donors (Lipinski definition) is 1. The van der Waals surface area contributed by atoms with Crippen LogP contribution in [0.25, 0.3) is 0 Å². The first-order valence-electron chi connectivity index (χ1n) is 6.35. The summed E-state index contributed by atoms with van der Waals surface area (Å²) in [7, 11) is 0. The first-order chi connectivity index (χ1) is 8.79. The van der Waals surface area contributed by atoms with E-state index in [9.17, 15) is 0 Å². The monoisotopic (exact) mass is 308 g/mol. The molecule has 18 heavy (non-hydrogen) atoms. The molecule has 1 saturated carbocycles. The SMILES string of the molecule is N#Cc1ccc(Br)cc1NCCOC1CCCC1. The highest BCUT2D eigenvalue weighted by molar-refractivity contribution is 9.10. The molecule has 1 fully saturated rings. The van der Waals surface area contributed by atoms with E-state index >= 15 is 0 Å². The molecule has 1 aromatic carbocycles. The minimum atomic E-state index is 0.449. The summed E-state index contributed by atoms with van der Waals surface area (Å²) in [5, 5.41) is 12.3. The Hall–Kier alpha value is -1.05. The summed E-state index contributed by atoms with van der Waals surface area (Å²) in [6.07, 6.45) is 5.43. The van der Waals surface area contributed by atoms with Crippen LogP contribution in [0.4, 0.5) is 5.69 Å². The lowest BCUT2D eigenvalue weighted by atomic mass is 10.2. The van der Waals surface area contributed by atoms with E-state index in [2.05, 4.69) is 27.3 Å². The molecule has 0 unspecified atom stereocenters. The quantitative estimate of drug-likeness (QED) is 0.844. The van der Waals surface area contributed by atoms with Crippen LogP contribution in [0.2, 0.25) is 0 Å². The zero-order chi connectivity index (χ0) is 12.8. The van der Waals surface area contributed by atoms with Gasteiger partial charge in [-0.3, -0.25) is 0 Å². The Balaban J connectivity index is 1.79. The van der Waals surface area contributed by atoms with Crippen molar-refractivity contribution in [3.8, 4) is 6.07 Å². The molecule has 96 valence electrons.